The van der Waals surface area contributed by atoms with Crippen molar-refractivity contribution in [2.24, 2.45) is 0 Å². The van der Waals surface area contributed by atoms with Crippen LogP contribution in [-0.2, 0) is 29.0 Å². The van der Waals surface area contributed by atoms with Crippen LogP contribution in [0.2, 0.25) is 0 Å². The van der Waals surface area contributed by atoms with Crippen molar-refractivity contribution in [3.8, 4) is 0 Å². The molecule has 1 aliphatic heterocycles. The van der Waals surface area contributed by atoms with Gasteiger partial charge in [0.1, 0.15) is 11.6 Å². The van der Waals surface area contributed by atoms with Crippen molar-refractivity contribution in [2.45, 2.75) is 46.2 Å². The monoisotopic (exact) mass is 470 g/mol. The molecule has 0 aliphatic carbocycles. The fraction of sp³-hybridized carbons (Fsp3) is 0.545. The molecular formula is C22H29F3N4O2S. The largest absolute Gasteiger partial charge is 0.416 e. The standard InChI is InChI=1S/C22H29F3N4O2S/c1-4-13-32(30,31)29-11-9-28(10-12-29)21-19(20(5-2)26-16(3)27-21)15-17-7-6-8-18(14-17)22(23,24)25/h6-8,14H,4-5,9-13,15H2,1-3H3. The molecule has 0 atom stereocenters. The molecule has 3 rings (SSSR count). The Hall–Kier alpha value is -2.20. The van der Waals surface area contributed by atoms with E-state index in [1.165, 1.54) is 16.4 Å². The molecule has 0 unspecified atom stereocenters. The molecule has 6 nitrogen and oxygen atoms in total. The number of alkyl halides is 3. The maximum Gasteiger partial charge on any atom is 0.416 e. The average molecular weight is 471 g/mol. The number of hydrogen-bond donors (Lipinski definition) is 0. The average Bonchev–Trinajstić information content (AvgIpc) is 2.74. The lowest BCUT2D eigenvalue weighted by Crippen LogP contribution is -2.49. The van der Waals surface area contributed by atoms with Crippen LogP contribution in [0.3, 0.4) is 0 Å². The van der Waals surface area contributed by atoms with E-state index in [1.807, 2.05) is 18.7 Å². The van der Waals surface area contributed by atoms with E-state index in [-0.39, 0.29) is 12.2 Å². The van der Waals surface area contributed by atoms with Crippen molar-refractivity contribution in [3.63, 3.8) is 0 Å². The van der Waals surface area contributed by atoms with Gasteiger partial charge < -0.3 is 4.90 Å². The maximum atomic E-state index is 13.2. The van der Waals surface area contributed by atoms with Crippen LogP contribution in [0.1, 0.15) is 48.5 Å². The Morgan fingerprint density at radius 1 is 1.06 bits per heavy atom. The summed E-state index contributed by atoms with van der Waals surface area (Å²) in [7, 11) is -3.27. The van der Waals surface area contributed by atoms with E-state index in [0.29, 0.717) is 56.2 Å². The Bertz CT molecular complexity index is 1050. The number of benzene rings is 1. The number of hydrogen-bond acceptors (Lipinski definition) is 5. The van der Waals surface area contributed by atoms with Crippen LogP contribution >= 0.6 is 0 Å². The van der Waals surface area contributed by atoms with Gasteiger partial charge in [-0.1, -0.05) is 32.0 Å². The predicted molar refractivity (Wildman–Crippen MR) is 118 cm³/mol. The van der Waals surface area contributed by atoms with Gasteiger partial charge in [0.25, 0.3) is 0 Å². The van der Waals surface area contributed by atoms with Gasteiger partial charge in [-0.2, -0.15) is 17.5 Å². The first-order valence-corrected chi connectivity index (χ1v) is 12.4. The second-order valence-electron chi connectivity index (χ2n) is 7.95. The molecule has 0 spiro atoms. The van der Waals surface area contributed by atoms with Crippen molar-refractivity contribution < 1.29 is 21.6 Å². The number of nitrogens with zero attached hydrogens (tertiary/aromatic N) is 4. The fourth-order valence-corrected chi connectivity index (χ4v) is 5.49. The second-order valence-corrected chi connectivity index (χ2v) is 10.0. The summed E-state index contributed by atoms with van der Waals surface area (Å²) in [6.07, 6.45) is -2.95. The summed E-state index contributed by atoms with van der Waals surface area (Å²) in [6.45, 7) is 7.24. The van der Waals surface area contributed by atoms with Gasteiger partial charge >= 0.3 is 6.18 Å². The van der Waals surface area contributed by atoms with Gasteiger partial charge in [0.15, 0.2) is 0 Å². The highest BCUT2D eigenvalue weighted by atomic mass is 32.2. The van der Waals surface area contributed by atoms with Crippen molar-refractivity contribution >= 4 is 15.8 Å². The van der Waals surface area contributed by atoms with Gasteiger partial charge in [-0.3, -0.25) is 0 Å². The number of anilines is 1. The van der Waals surface area contributed by atoms with Crippen LogP contribution in [0, 0.1) is 6.92 Å². The molecule has 1 aromatic heterocycles. The van der Waals surface area contributed by atoms with Gasteiger partial charge in [0.05, 0.1) is 11.3 Å². The molecule has 1 aliphatic rings. The molecule has 2 heterocycles. The minimum Gasteiger partial charge on any atom is -0.354 e. The van der Waals surface area contributed by atoms with Crippen LogP contribution in [-0.4, -0.2) is 54.6 Å². The first-order valence-electron chi connectivity index (χ1n) is 10.8. The summed E-state index contributed by atoms with van der Waals surface area (Å²) in [4.78, 5) is 11.2. The third kappa shape index (κ3) is 5.58. The van der Waals surface area contributed by atoms with Crippen LogP contribution in [0.15, 0.2) is 24.3 Å². The molecular weight excluding hydrogens is 441 g/mol. The zero-order chi connectivity index (χ0) is 23.5. The predicted octanol–water partition coefficient (Wildman–Crippen LogP) is 3.82. The Morgan fingerprint density at radius 3 is 2.34 bits per heavy atom. The smallest absolute Gasteiger partial charge is 0.354 e. The first kappa shape index (κ1) is 24.4. The van der Waals surface area contributed by atoms with Crippen molar-refractivity contribution in [1.29, 1.82) is 0 Å². The molecule has 0 bridgehead atoms. The number of aromatic nitrogens is 2. The number of rotatable bonds is 7. The topological polar surface area (TPSA) is 66.4 Å². The lowest BCUT2D eigenvalue weighted by atomic mass is 10.00. The summed E-state index contributed by atoms with van der Waals surface area (Å²) in [5.41, 5.74) is 1.44. The van der Waals surface area contributed by atoms with Crippen molar-refractivity contribution in [3.05, 3.63) is 52.5 Å². The normalized spacial score (nSPS) is 15.9. The number of piperazine rings is 1. The lowest BCUT2D eigenvalue weighted by Gasteiger charge is -2.36. The van der Waals surface area contributed by atoms with E-state index in [2.05, 4.69) is 9.97 Å². The highest BCUT2D eigenvalue weighted by molar-refractivity contribution is 7.89. The van der Waals surface area contributed by atoms with E-state index in [1.54, 1.807) is 13.0 Å². The van der Waals surface area contributed by atoms with Gasteiger partial charge in [-0.15, -0.1) is 0 Å². The van der Waals surface area contributed by atoms with Gasteiger partial charge in [0, 0.05) is 43.9 Å². The van der Waals surface area contributed by atoms with Crippen molar-refractivity contribution in [2.75, 3.05) is 36.8 Å². The molecule has 0 N–H and O–H groups in total. The quantitative estimate of drug-likeness (QED) is 0.616. The number of aryl methyl sites for hydroxylation is 2. The minimum absolute atomic E-state index is 0.125. The molecule has 1 aromatic carbocycles. The Labute approximate surface area is 187 Å². The van der Waals surface area contributed by atoms with Crippen LogP contribution in [0.5, 0.6) is 0 Å². The fourth-order valence-electron chi connectivity index (χ4n) is 4.00. The molecule has 0 saturated carbocycles. The number of halogens is 3. The minimum atomic E-state index is -4.41. The van der Waals surface area contributed by atoms with E-state index >= 15 is 0 Å². The SMILES string of the molecule is CCCS(=O)(=O)N1CCN(c2nc(C)nc(CC)c2Cc2cccc(C(F)(F)F)c2)CC1. The molecule has 0 amide bonds. The van der Waals surface area contributed by atoms with Crippen LogP contribution < -0.4 is 4.90 Å². The van der Waals surface area contributed by atoms with E-state index in [9.17, 15) is 21.6 Å². The lowest BCUT2D eigenvalue weighted by molar-refractivity contribution is -0.137. The molecule has 10 heteroatoms. The molecule has 1 saturated heterocycles. The third-order valence-corrected chi connectivity index (χ3v) is 7.62. The summed E-state index contributed by atoms with van der Waals surface area (Å²) in [5, 5.41) is 0. The van der Waals surface area contributed by atoms with Crippen LogP contribution in [0.25, 0.3) is 0 Å². The third-order valence-electron chi connectivity index (χ3n) is 5.55. The zero-order valence-corrected chi connectivity index (χ0v) is 19.4. The second kappa shape index (κ2) is 9.74. The summed E-state index contributed by atoms with van der Waals surface area (Å²) < 4.78 is 65.8. The molecule has 176 valence electrons. The highest BCUT2D eigenvalue weighted by Gasteiger charge is 2.31. The van der Waals surface area contributed by atoms with Gasteiger partial charge in [-0.05, 0) is 31.4 Å². The Morgan fingerprint density at radius 2 is 1.75 bits per heavy atom. The first-order chi connectivity index (χ1) is 15.0. The summed E-state index contributed by atoms with van der Waals surface area (Å²) in [6, 6.07) is 5.31. The zero-order valence-electron chi connectivity index (χ0n) is 18.6. The van der Waals surface area contributed by atoms with Crippen molar-refractivity contribution in [1.82, 2.24) is 14.3 Å². The van der Waals surface area contributed by atoms with E-state index in [4.69, 9.17) is 0 Å². The molecule has 2 aromatic rings. The molecule has 0 radical (unpaired) electrons. The van der Waals surface area contributed by atoms with Crippen LogP contribution in [0.4, 0.5) is 19.0 Å². The molecule has 32 heavy (non-hydrogen) atoms. The Balaban J connectivity index is 1.91. The van der Waals surface area contributed by atoms with E-state index in [0.717, 1.165) is 17.3 Å². The highest BCUT2D eigenvalue weighted by Crippen LogP contribution is 2.31. The molecule has 1 fully saturated rings. The summed E-state index contributed by atoms with van der Waals surface area (Å²) in [5.74, 6) is 1.39. The Kier molecular flexibility index (Phi) is 7.44. The summed E-state index contributed by atoms with van der Waals surface area (Å²) >= 11 is 0. The van der Waals surface area contributed by atoms with Gasteiger partial charge in [0.2, 0.25) is 10.0 Å². The van der Waals surface area contributed by atoms with E-state index < -0.39 is 21.8 Å². The van der Waals surface area contributed by atoms with Gasteiger partial charge in [-0.25, -0.2) is 18.4 Å². The maximum absolute atomic E-state index is 13.2. The number of sulfonamides is 1.